The molecule has 0 unspecified atom stereocenters. The molecule has 0 heterocycles. The standard InChI is InChI=1S/C10H14ClNO/c1-3-8-4-9(7-12(2)13)6-10(11)5-8/h4-6,13H,3,7H2,1-2H3. The molecule has 0 saturated heterocycles. The van der Waals surface area contributed by atoms with E-state index in [-0.39, 0.29) is 0 Å². The van der Waals surface area contributed by atoms with Crippen LogP contribution in [0, 0.1) is 0 Å². The third kappa shape index (κ3) is 3.35. The molecule has 0 saturated carbocycles. The van der Waals surface area contributed by atoms with Gasteiger partial charge in [0, 0.05) is 18.6 Å². The molecule has 1 rings (SSSR count). The maximum Gasteiger partial charge on any atom is 0.0486 e. The van der Waals surface area contributed by atoms with Crippen LogP contribution in [0.5, 0.6) is 0 Å². The van der Waals surface area contributed by atoms with Crippen molar-refractivity contribution in [2.24, 2.45) is 0 Å². The van der Waals surface area contributed by atoms with Gasteiger partial charge in [0.15, 0.2) is 0 Å². The molecule has 0 spiro atoms. The number of hydroxylamine groups is 2. The fourth-order valence-corrected chi connectivity index (χ4v) is 1.56. The summed E-state index contributed by atoms with van der Waals surface area (Å²) >= 11 is 5.91. The Bertz CT molecular complexity index is 286. The Balaban J connectivity index is 2.88. The van der Waals surface area contributed by atoms with Gasteiger partial charge in [-0.3, -0.25) is 0 Å². The van der Waals surface area contributed by atoms with E-state index >= 15 is 0 Å². The lowest BCUT2D eigenvalue weighted by Gasteiger charge is -2.09. The van der Waals surface area contributed by atoms with Crippen LogP contribution in [-0.4, -0.2) is 17.3 Å². The van der Waals surface area contributed by atoms with E-state index in [9.17, 15) is 0 Å². The van der Waals surface area contributed by atoms with Crippen LogP contribution < -0.4 is 0 Å². The fraction of sp³-hybridized carbons (Fsp3) is 0.400. The average molecular weight is 200 g/mol. The van der Waals surface area contributed by atoms with Crippen LogP contribution in [0.15, 0.2) is 18.2 Å². The number of rotatable bonds is 3. The first-order chi connectivity index (χ1) is 6.11. The molecule has 1 aromatic carbocycles. The molecule has 0 aliphatic heterocycles. The topological polar surface area (TPSA) is 23.5 Å². The van der Waals surface area contributed by atoms with E-state index in [1.807, 2.05) is 12.1 Å². The van der Waals surface area contributed by atoms with Crippen LogP contribution in [-0.2, 0) is 13.0 Å². The molecule has 0 radical (unpaired) electrons. The van der Waals surface area contributed by atoms with Gasteiger partial charge in [0.2, 0.25) is 0 Å². The molecule has 0 aliphatic carbocycles. The first kappa shape index (κ1) is 10.5. The van der Waals surface area contributed by atoms with Crippen molar-refractivity contribution in [2.45, 2.75) is 19.9 Å². The van der Waals surface area contributed by atoms with E-state index in [1.165, 1.54) is 5.56 Å². The molecule has 0 amide bonds. The highest BCUT2D eigenvalue weighted by atomic mass is 35.5. The van der Waals surface area contributed by atoms with Crippen LogP contribution in [0.3, 0.4) is 0 Å². The average Bonchev–Trinajstić information content (AvgIpc) is 2.01. The van der Waals surface area contributed by atoms with E-state index in [0.717, 1.165) is 22.1 Å². The Morgan fingerprint density at radius 2 is 1.92 bits per heavy atom. The van der Waals surface area contributed by atoms with Gasteiger partial charge in [0.05, 0.1) is 0 Å². The van der Waals surface area contributed by atoms with Crippen LogP contribution in [0.25, 0.3) is 0 Å². The molecule has 0 aliphatic rings. The quantitative estimate of drug-likeness (QED) is 0.757. The van der Waals surface area contributed by atoms with Gasteiger partial charge in [0.1, 0.15) is 0 Å². The smallest absolute Gasteiger partial charge is 0.0486 e. The second kappa shape index (κ2) is 4.61. The van der Waals surface area contributed by atoms with Gasteiger partial charge in [-0.15, -0.1) is 0 Å². The van der Waals surface area contributed by atoms with E-state index in [2.05, 4.69) is 13.0 Å². The van der Waals surface area contributed by atoms with E-state index in [0.29, 0.717) is 6.54 Å². The second-order valence-electron chi connectivity index (χ2n) is 3.14. The van der Waals surface area contributed by atoms with Crippen molar-refractivity contribution in [1.29, 1.82) is 0 Å². The van der Waals surface area contributed by atoms with Crippen LogP contribution in [0.4, 0.5) is 0 Å². The lowest BCUT2D eigenvalue weighted by atomic mass is 10.1. The molecular weight excluding hydrogens is 186 g/mol. The summed E-state index contributed by atoms with van der Waals surface area (Å²) in [4.78, 5) is 0. The Hall–Kier alpha value is -0.570. The molecule has 1 aromatic rings. The summed E-state index contributed by atoms with van der Waals surface area (Å²) in [6, 6.07) is 5.87. The first-order valence-electron chi connectivity index (χ1n) is 4.30. The van der Waals surface area contributed by atoms with Gasteiger partial charge in [-0.25, -0.2) is 0 Å². The molecular formula is C10H14ClNO. The minimum Gasteiger partial charge on any atom is -0.314 e. The zero-order valence-corrected chi connectivity index (χ0v) is 8.67. The summed E-state index contributed by atoms with van der Waals surface area (Å²) in [5.74, 6) is 0. The van der Waals surface area contributed by atoms with Gasteiger partial charge in [-0.2, -0.15) is 5.06 Å². The molecule has 72 valence electrons. The summed E-state index contributed by atoms with van der Waals surface area (Å²) < 4.78 is 0. The third-order valence-electron chi connectivity index (χ3n) is 1.84. The minimum atomic E-state index is 0.507. The van der Waals surface area contributed by atoms with Gasteiger partial charge in [-0.1, -0.05) is 24.6 Å². The SMILES string of the molecule is CCc1cc(Cl)cc(CN(C)O)c1. The molecule has 2 nitrogen and oxygen atoms in total. The maximum atomic E-state index is 9.05. The van der Waals surface area contributed by atoms with Gasteiger partial charge >= 0.3 is 0 Å². The van der Waals surface area contributed by atoms with Crippen molar-refractivity contribution in [2.75, 3.05) is 7.05 Å². The van der Waals surface area contributed by atoms with Crippen LogP contribution in [0.1, 0.15) is 18.1 Å². The van der Waals surface area contributed by atoms with Crippen molar-refractivity contribution in [1.82, 2.24) is 5.06 Å². The number of nitrogens with zero attached hydrogens (tertiary/aromatic N) is 1. The lowest BCUT2D eigenvalue weighted by molar-refractivity contribution is -0.0731. The maximum absolute atomic E-state index is 9.05. The number of hydrogen-bond donors (Lipinski definition) is 1. The van der Waals surface area contributed by atoms with Gasteiger partial charge in [-0.05, 0) is 29.7 Å². The number of benzene rings is 1. The van der Waals surface area contributed by atoms with Gasteiger partial charge < -0.3 is 5.21 Å². The van der Waals surface area contributed by atoms with Crippen molar-refractivity contribution >= 4 is 11.6 Å². The molecule has 3 heteroatoms. The lowest BCUT2D eigenvalue weighted by Crippen LogP contribution is -2.11. The van der Waals surface area contributed by atoms with Crippen molar-refractivity contribution in [3.8, 4) is 0 Å². The molecule has 0 bridgehead atoms. The minimum absolute atomic E-state index is 0.507. The molecule has 0 fully saturated rings. The highest BCUT2D eigenvalue weighted by Gasteiger charge is 2.00. The third-order valence-corrected chi connectivity index (χ3v) is 2.06. The summed E-state index contributed by atoms with van der Waals surface area (Å²) in [6.07, 6.45) is 0.961. The zero-order chi connectivity index (χ0) is 9.84. The molecule has 1 N–H and O–H groups in total. The fourth-order valence-electron chi connectivity index (χ4n) is 1.28. The zero-order valence-electron chi connectivity index (χ0n) is 7.92. The molecule has 13 heavy (non-hydrogen) atoms. The predicted molar refractivity (Wildman–Crippen MR) is 54.1 cm³/mol. The Morgan fingerprint density at radius 1 is 1.31 bits per heavy atom. The van der Waals surface area contributed by atoms with E-state index in [4.69, 9.17) is 16.8 Å². The number of halogens is 1. The van der Waals surface area contributed by atoms with Crippen LogP contribution >= 0.6 is 11.6 Å². The highest BCUT2D eigenvalue weighted by molar-refractivity contribution is 6.30. The van der Waals surface area contributed by atoms with Crippen LogP contribution in [0.2, 0.25) is 5.02 Å². The Kier molecular flexibility index (Phi) is 3.72. The summed E-state index contributed by atoms with van der Waals surface area (Å²) in [6.45, 7) is 2.59. The monoisotopic (exact) mass is 199 g/mol. The largest absolute Gasteiger partial charge is 0.314 e. The first-order valence-corrected chi connectivity index (χ1v) is 4.68. The summed E-state index contributed by atoms with van der Waals surface area (Å²) in [5, 5.41) is 10.9. The molecule has 0 aromatic heterocycles. The Labute approximate surface area is 83.7 Å². The summed E-state index contributed by atoms with van der Waals surface area (Å²) in [5.41, 5.74) is 2.23. The number of hydrogen-bond acceptors (Lipinski definition) is 2. The second-order valence-corrected chi connectivity index (χ2v) is 3.57. The highest BCUT2D eigenvalue weighted by Crippen LogP contribution is 2.16. The van der Waals surface area contributed by atoms with Crippen molar-refractivity contribution < 1.29 is 5.21 Å². The van der Waals surface area contributed by atoms with Gasteiger partial charge in [0.25, 0.3) is 0 Å². The van der Waals surface area contributed by atoms with Crippen molar-refractivity contribution in [3.63, 3.8) is 0 Å². The van der Waals surface area contributed by atoms with E-state index < -0.39 is 0 Å². The van der Waals surface area contributed by atoms with E-state index in [1.54, 1.807) is 7.05 Å². The predicted octanol–water partition coefficient (Wildman–Crippen LogP) is 2.72. The Morgan fingerprint density at radius 3 is 2.46 bits per heavy atom. The normalized spacial score (nSPS) is 10.8. The number of aryl methyl sites for hydroxylation is 1. The summed E-state index contributed by atoms with van der Waals surface area (Å²) in [7, 11) is 1.62. The molecule has 0 atom stereocenters. The van der Waals surface area contributed by atoms with Crippen molar-refractivity contribution in [3.05, 3.63) is 34.3 Å².